The van der Waals surface area contributed by atoms with E-state index in [1.807, 2.05) is 0 Å². The number of hydrogen-bond donors (Lipinski definition) is 1. The molecule has 0 amide bonds. The second-order valence-electron chi connectivity index (χ2n) is 3.87. The predicted molar refractivity (Wildman–Crippen MR) is 53.8 cm³/mol. The molecular formula is C12H16O. The summed E-state index contributed by atoms with van der Waals surface area (Å²) in [6, 6.07) is 8.43. The lowest BCUT2D eigenvalue weighted by Crippen LogP contribution is -2.28. The molecule has 1 nitrogen and oxygen atoms in total. The van der Waals surface area contributed by atoms with Crippen LogP contribution in [0.5, 0.6) is 0 Å². The summed E-state index contributed by atoms with van der Waals surface area (Å²) in [6.45, 7) is 2.12. The van der Waals surface area contributed by atoms with Gasteiger partial charge in [-0.25, -0.2) is 0 Å². The van der Waals surface area contributed by atoms with Crippen molar-refractivity contribution in [2.24, 2.45) is 0 Å². The molecule has 0 fully saturated rings. The molecule has 0 saturated heterocycles. The van der Waals surface area contributed by atoms with Gasteiger partial charge in [-0.1, -0.05) is 37.6 Å². The van der Waals surface area contributed by atoms with Crippen LogP contribution in [0.2, 0.25) is 0 Å². The zero-order valence-electron chi connectivity index (χ0n) is 8.03. The van der Waals surface area contributed by atoms with Gasteiger partial charge in [-0.05, 0) is 24.0 Å². The molecule has 0 aliphatic heterocycles. The lowest BCUT2D eigenvalue weighted by atomic mass is 9.73. The summed E-state index contributed by atoms with van der Waals surface area (Å²) in [6.07, 6.45) is 2.94. The van der Waals surface area contributed by atoms with Gasteiger partial charge in [0.15, 0.2) is 0 Å². The van der Waals surface area contributed by atoms with Crippen LogP contribution in [0.3, 0.4) is 0 Å². The Morgan fingerprint density at radius 2 is 2.23 bits per heavy atom. The fourth-order valence-corrected chi connectivity index (χ4v) is 2.14. The van der Waals surface area contributed by atoms with Crippen molar-refractivity contribution in [3.05, 3.63) is 35.4 Å². The monoisotopic (exact) mass is 176 g/mol. The van der Waals surface area contributed by atoms with E-state index >= 15 is 0 Å². The van der Waals surface area contributed by atoms with Crippen molar-refractivity contribution >= 4 is 0 Å². The molecule has 0 aromatic heterocycles. The summed E-state index contributed by atoms with van der Waals surface area (Å²) in [5.41, 5.74) is 2.78. The summed E-state index contributed by atoms with van der Waals surface area (Å²) in [7, 11) is 0. The van der Waals surface area contributed by atoms with Crippen LogP contribution in [0.15, 0.2) is 24.3 Å². The number of benzene rings is 1. The Labute approximate surface area is 79.4 Å². The van der Waals surface area contributed by atoms with Crippen molar-refractivity contribution < 1.29 is 5.11 Å². The Balaban J connectivity index is 2.08. The smallest absolute Gasteiger partial charge is 0.0611 e. The third-order valence-electron chi connectivity index (χ3n) is 2.94. The second kappa shape index (κ2) is 3.51. The first-order valence-electron chi connectivity index (χ1n) is 5.08. The van der Waals surface area contributed by atoms with Crippen molar-refractivity contribution in [2.75, 3.05) is 0 Å². The standard InChI is InChI=1S/C12H16O/c1-2-5-12(13)11-8-9-6-3-4-7-10(9)11/h3-4,6-7,11-13H,2,5,8H2,1H3/t11?,12-/m0/s1. The van der Waals surface area contributed by atoms with Crippen LogP contribution in [0.25, 0.3) is 0 Å². The highest BCUT2D eigenvalue weighted by atomic mass is 16.3. The molecule has 1 heteroatoms. The van der Waals surface area contributed by atoms with Gasteiger partial charge in [-0.2, -0.15) is 0 Å². The third kappa shape index (κ3) is 1.49. The fraction of sp³-hybridized carbons (Fsp3) is 0.500. The van der Waals surface area contributed by atoms with Crippen LogP contribution in [0, 0.1) is 0 Å². The quantitative estimate of drug-likeness (QED) is 0.750. The number of hydrogen-bond acceptors (Lipinski definition) is 1. The van der Waals surface area contributed by atoms with Crippen molar-refractivity contribution in [2.45, 2.75) is 38.2 Å². The summed E-state index contributed by atoms with van der Waals surface area (Å²) in [4.78, 5) is 0. The molecule has 1 N–H and O–H groups in total. The number of aliphatic hydroxyl groups is 1. The molecule has 0 heterocycles. The van der Waals surface area contributed by atoms with Gasteiger partial charge in [0, 0.05) is 5.92 Å². The Kier molecular flexibility index (Phi) is 2.36. The Morgan fingerprint density at radius 3 is 2.92 bits per heavy atom. The minimum atomic E-state index is -0.125. The van der Waals surface area contributed by atoms with E-state index in [2.05, 4.69) is 31.2 Å². The average Bonchev–Trinajstić information content (AvgIpc) is 2.07. The van der Waals surface area contributed by atoms with E-state index in [-0.39, 0.29) is 6.10 Å². The van der Waals surface area contributed by atoms with Gasteiger partial charge >= 0.3 is 0 Å². The van der Waals surface area contributed by atoms with Crippen LogP contribution in [0.4, 0.5) is 0 Å². The molecule has 0 saturated carbocycles. The van der Waals surface area contributed by atoms with Crippen molar-refractivity contribution in [1.29, 1.82) is 0 Å². The summed E-state index contributed by atoms with van der Waals surface area (Å²) < 4.78 is 0. The van der Waals surface area contributed by atoms with Gasteiger partial charge in [0.05, 0.1) is 6.10 Å². The van der Waals surface area contributed by atoms with Crippen LogP contribution >= 0.6 is 0 Å². The van der Waals surface area contributed by atoms with Crippen molar-refractivity contribution in [3.8, 4) is 0 Å². The lowest BCUT2D eigenvalue weighted by Gasteiger charge is -2.33. The normalized spacial score (nSPS) is 21.8. The van der Waals surface area contributed by atoms with Gasteiger partial charge in [-0.15, -0.1) is 0 Å². The SMILES string of the molecule is CCC[C@H](O)C1Cc2ccccc21. The van der Waals surface area contributed by atoms with E-state index in [1.165, 1.54) is 11.1 Å². The van der Waals surface area contributed by atoms with Crippen molar-refractivity contribution in [3.63, 3.8) is 0 Å². The number of aliphatic hydroxyl groups excluding tert-OH is 1. The van der Waals surface area contributed by atoms with Crippen LogP contribution < -0.4 is 0 Å². The van der Waals surface area contributed by atoms with Crippen LogP contribution in [-0.4, -0.2) is 11.2 Å². The molecule has 1 aromatic carbocycles. The maximum absolute atomic E-state index is 9.82. The molecule has 70 valence electrons. The maximum atomic E-state index is 9.82. The highest BCUT2D eigenvalue weighted by Crippen LogP contribution is 2.38. The third-order valence-corrected chi connectivity index (χ3v) is 2.94. The molecule has 13 heavy (non-hydrogen) atoms. The number of rotatable bonds is 3. The summed E-state index contributed by atoms with van der Waals surface area (Å²) in [5, 5.41) is 9.82. The van der Waals surface area contributed by atoms with E-state index in [0.717, 1.165) is 19.3 Å². The van der Waals surface area contributed by atoms with Gasteiger partial charge in [0.1, 0.15) is 0 Å². The molecule has 1 aliphatic carbocycles. The molecular weight excluding hydrogens is 160 g/mol. The lowest BCUT2D eigenvalue weighted by molar-refractivity contribution is 0.123. The minimum Gasteiger partial charge on any atom is -0.392 e. The average molecular weight is 176 g/mol. The zero-order valence-corrected chi connectivity index (χ0v) is 8.03. The molecule has 0 radical (unpaired) electrons. The minimum absolute atomic E-state index is 0.125. The van der Waals surface area contributed by atoms with E-state index in [9.17, 15) is 5.11 Å². The number of fused-ring (bicyclic) bond motifs is 1. The zero-order chi connectivity index (χ0) is 9.26. The van der Waals surface area contributed by atoms with Gasteiger partial charge in [-0.3, -0.25) is 0 Å². The molecule has 2 rings (SSSR count). The fourth-order valence-electron chi connectivity index (χ4n) is 2.14. The largest absolute Gasteiger partial charge is 0.392 e. The summed E-state index contributed by atoms with van der Waals surface area (Å²) in [5.74, 6) is 0.413. The Bertz CT molecular complexity index is 293. The Hall–Kier alpha value is -0.820. The highest BCUT2D eigenvalue weighted by Gasteiger charge is 2.30. The van der Waals surface area contributed by atoms with Crippen molar-refractivity contribution in [1.82, 2.24) is 0 Å². The van der Waals surface area contributed by atoms with E-state index in [0.29, 0.717) is 5.92 Å². The topological polar surface area (TPSA) is 20.2 Å². The Morgan fingerprint density at radius 1 is 1.46 bits per heavy atom. The van der Waals surface area contributed by atoms with Gasteiger partial charge < -0.3 is 5.11 Å². The van der Waals surface area contributed by atoms with Gasteiger partial charge in [0.25, 0.3) is 0 Å². The first-order valence-corrected chi connectivity index (χ1v) is 5.08. The van der Waals surface area contributed by atoms with Gasteiger partial charge in [0.2, 0.25) is 0 Å². The van der Waals surface area contributed by atoms with E-state index in [4.69, 9.17) is 0 Å². The molecule has 0 spiro atoms. The van der Waals surface area contributed by atoms with E-state index in [1.54, 1.807) is 0 Å². The second-order valence-corrected chi connectivity index (χ2v) is 3.87. The predicted octanol–water partition coefficient (Wildman–Crippen LogP) is 2.49. The first-order chi connectivity index (χ1) is 6.33. The molecule has 2 atom stereocenters. The maximum Gasteiger partial charge on any atom is 0.0611 e. The van der Waals surface area contributed by atoms with Crippen LogP contribution in [-0.2, 0) is 6.42 Å². The summed E-state index contributed by atoms with van der Waals surface area (Å²) >= 11 is 0. The molecule has 1 unspecified atom stereocenters. The molecule has 0 bridgehead atoms. The molecule has 1 aliphatic rings. The highest BCUT2D eigenvalue weighted by molar-refractivity contribution is 5.40. The first kappa shape index (κ1) is 8.76. The van der Waals surface area contributed by atoms with Crippen LogP contribution in [0.1, 0.15) is 36.8 Å². The van der Waals surface area contributed by atoms with E-state index < -0.39 is 0 Å². The molecule has 1 aromatic rings.